The number of ether oxygens (including phenoxy) is 1. The molecule has 0 aliphatic heterocycles. The van der Waals surface area contributed by atoms with Crippen molar-refractivity contribution in [3.05, 3.63) is 65.6 Å². The average Bonchev–Trinajstić information content (AvgIpc) is 3.16. The van der Waals surface area contributed by atoms with E-state index in [1.165, 1.54) is 25.3 Å². The van der Waals surface area contributed by atoms with Gasteiger partial charge in [0.05, 0.1) is 13.2 Å². The Hall–Kier alpha value is -2.80. The van der Waals surface area contributed by atoms with E-state index in [-0.39, 0.29) is 17.6 Å². The van der Waals surface area contributed by atoms with Crippen LogP contribution in [0.4, 0.5) is 8.78 Å². The number of aromatic nitrogens is 2. The van der Waals surface area contributed by atoms with Gasteiger partial charge in [-0.25, -0.2) is 8.78 Å². The van der Waals surface area contributed by atoms with Crippen molar-refractivity contribution in [1.82, 2.24) is 15.1 Å². The van der Waals surface area contributed by atoms with Crippen molar-refractivity contribution in [2.75, 3.05) is 13.7 Å². The molecule has 142 valence electrons. The standard InChI is InChI=1S/C20H21F2N3O2/c1-4-25(12-14-5-10-18(26-3)17(22)11-14)13(2)19-23-24-20(27-19)15-6-8-16(21)9-7-15/h5-11,13H,4,12H2,1-3H3/t13-/m1/s1. The number of hydrogen-bond donors (Lipinski definition) is 0. The third-order valence-electron chi connectivity index (χ3n) is 4.44. The molecule has 0 unspecified atom stereocenters. The van der Waals surface area contributed by atoms with Gasteiger partial charge < -0.3 is 9.15 Å². The van der Waals surface area contributed by atoms with Gasteiger partial charge in [-0.3, -0.25) is 4.90 Å². The maximum atomic E-state index is 13.9. The molecule has 3 rings (SSSR count). The topological polar surface area (TPSA) is 51.4 Å². The second-order valence-electron chi connectivity index (χ2n) is 6.16. The minimum absolute atomic E-state index is 0.165. The van der Waals surface area contributed by atoms with E-state index < -0.39 is 5.82 Å². The zero-order valence-corrected chi connectivity index (χ0v) is 15.4. The van der Waals surface area contributed by atoms with Crippen molar-refractivity contribution in [2.24, 2.45) is 0 Å². The molecule has 7 heteroatoms. The Labute approximate surface area is 156 Å². The molecule has 5 nitrogen and oxygen atoms in total. The van der Waals surface area contributed by atoms with E-state index in [9.17, 15) is 8.78 Å². The lowest BCUT2D eigenvalue weighted by molar-refractivity contribution is 0.184. The van der Waals surface area contributed by atoms with Crippen LogP contribution in [0.2, 0.25) is 0 Å². The molecule has 0 aliphatic carbocycles. The summed E-state index contributed by atoms with van der Waals surface area (Å²) in [6, 6.07) is 10.6. The molecule has 0 bridgehead atoms. The predicted molar refractivity (Wildman–Crippen MR) is 97.1 cm³/mol. The van der Waals surface area contributed by atoms with Crippen LogP contribution in [0.15, 0.2) is 46.9 Å². The first-order valence-electron chi connectivity index (χ1n) is 8.67. The molecule has 0 radical (unpaired) electrons. The number of methoxy groups -OCH3 is 1. The first-order chi connectivity index (χ1) is 13.0. The number of benzene rings is 2. The highest BCUT2D eigenvalue weighted by atomic mass is 19.1. The first kappa shape index (κ1) is 19.0. The molecular weight excluding hydrogens is 352 g/mol. The van der Waals surface area contributed by atoms with E-state index in [0.29, 0.717) is 30.4 Å². The van der Waals surface area contributed by atoms with Crippen molar-refractivity contribution in [2.45, 2.75) is 26.4 Å². The number of halogens is 2. The zero-order chi connectivity index (χ0) is 19.4. The largest absolute Gasteiger partial charge is 0.494 e. The minimum Gasteiger partial charge on any atom is -0.494 e. The van der Waals surface area contributed by atoms with Crippen LogP contribution in [-0.4, -0.2) is 28.8 Å². The molecule has 0 fully saturated rings. The maximum Gasteiger partial charge on any atom is 0.247 e. The van der Waals surface area contributed by atoms with Crippen molar-refractivity contribution in [3.63, 3.8) is 0 Å². The average molecular weight is 373 g/mol. The third kappa shape index (κ3) is 4.31. The summed E-state index contributed by atoms with van der Waals surface area (Å²) in [5, 5.41) is 8.18. The van der Waals surface area contributed by atoms with Crippen LogP contribution >= 0.6 is 0 Å². The molecule has 1 heterocycles. The Kier molecular flexibility index (Phi) is 5.81. The van der Waals surface area contributed by atoms with Gasteiger partial charge in [-0.2, -0.15) is 0 Å². The number of hydrogen-bond acceptors (Lipinski definition) is 5. The molecular formula is C20H21F2N3O2. The van der Waals surface area contributed by atoms with Gasteiger partial charge in [0.15, 0.2) is 11.6 Å². The van der Waals surface area contributed by atoms with Gasteiger partial charge in [-0.05, 0) is 55.4 Å². The van der Waals surface area contributed by atoms with Gasteiger partial charge in [0.2, 0.25) is 11.8 Å². The van der Waals surface area contributed by atoms with Crippen molar-refractivity contribution in [3.8, 4) is 17.2 Å². The normalized spacial score (nSPS) is 12.4. The lowest BCUT2D eigenvalue weighted by Crippen LogP contribution is -2.26. The molecule has 3 aromatic rings. The molecule has 0 aliphatic rings. The summed E-state index contributed by atoms with van der Waals surface area (Å²) in [5.41, 5.74) is 1.47. The molecule has 27 heavy (non-hydrogen) atoms. The molecule has 0 spiro atoms. The summed E-state index contributed by atoms with van der Waals surface area (Å²) < 4.78 is 37.7. The van der Waals surface area contributed by atoms with E-state index in [1.807, 2.05) is 19.9 Å². The molecule has 1 aromatic heterocycles. The van der Waals surface area contributed by atoms with Crippen LogP contribution in [-0.2, 0) is 6.54 Å². The second kappa shape index (κ2) is 8.26. The molecule has 0 amide bonds. The highest BCUT2D eigenvalue weighted by Crippen LogP contribution is 2.26. The van der Waals surface area contributed by atoms with Crippen molar-refractivity contribution < 1.29 is 17.9 Å². The molecule has 2 aromatic carbocycles. The van der Waals surface area contributed by atoms with Crippen molar-refractivity contribution in [1.29, 1.82) is 0 Å². The van der Waals surface area contributed by atoms with Crippen LogP contribution < -0.4 is 4.74 Å². The van der Waals surface area contributed by atoms with Gasteiger partial charge in [0, 0.05) is 12.1 Å². The fourth-order valence-electron chi connectivity index (χ4n) is 2.83. The SMILES string of the molecule is CCN(Cc1ccc(OC)c(F)c1)[C@H](C)c1nnc(-c2ccc(F)cc2)o1. The Morgan fingerprint density at radius 1 is 1.11 bits per heavy atom. The Morgan fingerprint density at radius 2 is 1.85 bits per heavy atom. The zero-order valence-electron chi connectivity index (χ0n) is 15.4. The van der Waals surface area contributed by atoms with E-state index in [2.05, 4.69) is 15.1 Å². The van der Waals surface area contributed by atoms with E-state index >= 15 is 0 Å². The summed E-state index contributed by atoms with van der Waals surface area (Å²) in [6.45, 7) is 5.19. The fraction of sp³-hybridized carbons (Fsp3) is 0.300. The smallest absolute Gasteiger partial charge is 0.247 e. The summed E-state index contributed by atoms with van der Waals surface area (Å²) in [5.74, 6) is 0.287. The highest BCUT2D eigenvalue weighted by molar-refractivity contribution is 5.52. The van der Waals surface area contributed by atoms with Gasteiger partial charge in [0.25, 0.3) is 0 Å². The van der Waals surface area contributed by atoms with Crippen LogP contribution in [0.1, 0.15) is 31.3 Å². The van der Waals surface area contributed by atoms with Crippen LogP contribution in [0.5, 0.6) is 5.75 Å². The van der Waals surface area contributed by atoms with Crippen LogP contribution in [0.25, 0.3) is 11.5 Å². The molecule has 1 atom stereocenters. The first-order valence-corrected chi connectivity index (χ1v) is 8.67. The number of rotatable bonds is 7. The Bertz CT molecular complexity index is 896. The monoisotopic (exact) mass is 373 g/mol. The Balaban J connectivity index is 1.76. The molecule has 0 saturated heterocycles. The van der Waals surface area contributed by atoms with Gasteiger partial charge >= 0.3 is 0 Å². The quantitative estimate of drug-likeness (QED) is 0.605. The fourth-order valence-corrected chi connectivity index (χ4v) is 2.83. The van der Waals surface area contributed by atoms with Gasteiger partial charge in [-0.1, -0.05) is 13.0 Å². The number of nitrogens with zero attached hydrogens (tertiary/aromatic N) is 3. The van der Waals surface area contributed by atoms with Crippen LogP contribution in [0, 0.1) is 11.6 Å². The highest BCUT2D eigenvalue weighted by Gasteiger charge is 2.21. The van der Waals surface area contributed by atoms with Crippen LogP contribution in [0.3, 0.4) is 0 Å². The summed E-state index contributed by atoms with van der Waals surface area (Å²) >= 11 is 0. The molecule has 0 N–H and O–H groups in total. The third-order valence-corrected chi connectivity index (χ3v) is 4.44. The van der Waals surface area contributed by atoms with E-state index in [1.54, 1.807) is 18.2 Å². The van der Waals surface area contributed by atoms with E-state index in [4.69, 9.17) is 9.15 Å². The molecule has 0 saturated carbocycles. The second-order valence-corrected chi connectivity index (χ2v) is 6.16. The summed E-state index contributed by atoms with van der Waals surface area (Å²) in [4.78, 5) is 2.09. The van der Waals surface area contributed by atoms with E-state index in [0.717, 1.165) is 5.56 Å². The lowest BCUT2D eigenvalue weighted by Gasteiger charge is -2.25. The Morgan fingerprint density at radius 3 is 2.48 bits per heavy atom. The summed E-state index contributed by atoms with van der Waals surface area (Å²) in [7, 11) is 1.44. The lowest BCUT2D eigenvalue weighted by atomic mass is 10.1. The minimum atomic E-state index is -0.393. The predicted octanol–water partition coefficient (Wildman–Crippen LogP) is 4.61. The van der Waals surface area contributed by atoms with Gasteiger partial charge in [0.1, 0.15) is 5.82 Å². The van der Waals surface area contributed by atoms with Crippen molar-refractivity contribution >= 4 is 0 Å². The summed E-state index contributed by atoms with van der Waals surface area (Å²) in [6.07, 6.45) is 0. The maximum absolute atomic E-state index is 13.9. The van der Waals surface area contributed by atoms with Gasteiger partial charge in [-0.15, -0.1) is 10.2 Å².